The van der Waals surface area contributed by atoms with E-state index in [0.717, 1.165) is 18.9 Å². The van der Waals surface area contributed by atoms with Crippen LogP contribution in [0, 0.1) is 5.92 Å². The summed E-state index contributed by atoms with van der Waals surface area (Å²) in [6, 6.07) is 9.00. The van der Waals surface area contributed by atoms with E-state index in [0.29, 0.717) is 0 Å². The van der Waals surface area contributed by atoms with Gasteiger partial charge < -0.3 is 5.32 Å². The highest BCUT2D eigenvalue weighted by atomic mass is 14.8. The molecule has 18 heavy (non-hydrogen) atoms. The molecule has 0 amide bonds. The van der Waals surface area contributed by atoms with Crippen LogP contribution in [0.25, 0.3) is 0 Å². The van der Waals surface area contributed by atoms with Crippen molar-refractivity contribution < 1.29 is 0 Å². The quantitative estimate of drug-likeness (QED) is 0.706. The van der Waals surface area contributed by atoms with Gasteiger partial charge in [0.25, 0.3) is 0 Å². The summed E-state index contributed by atoms with van der Waals surface area (Å²) in [5.41, 5.74) is 2.84. The fraction of sp³-hybridized carbons (Fsp3) is 0.647. The summed E-state index contributed by atoms with van der Waals surface area (Å²) in [5.74, 6) is 1.04. The number of aryl methyl sites for hydroxylation is 1. The van der Waals surface area contributed by atoms with E-state index in [1.54, 1.807) is 0 Å². The van der Waals surface area contributed by atoms with Crippen molar-refractivity contribution >= 4 is 0 Å². The fourth-order valence-electron chi connectivity index (χ4n) is 2.94. The maximum absolute atomic E-state index is 3.56. The summed E-state index contributed by atoms with van der Waals surface area (Å²) in [6.07, 6.45) is 9.83. The van der Waals surface area contributed by atoms with Gasteiger partial charge >= 0.3 is 0 Å². The third-order valence-corrected chi connectivity index (χ3v) is 4.20. The molecule has 100 valence electrons. The summed E-state index contributed by atoms with van der Waals surface area (Å²) >= 11 is 0. The Morgan fingerprint density at radius 2 is 1.72 bits per heavy atom. The maximum atomic E-state index is 3.56. The first-order chi connectivity index (χ1) is 8.88. The molecular weight excluding hydrogens is 218 g/mol. The topological polar surface area (TPSA) is 12.0 Å². The van der Waals surface area contributed by atoms with Crippen molar-refractivity contribution in [1.29, 1.82) is 0 Å². The second-order valence-electron chi connectivity index (χ2n) is 5.64. The lowest BCUT2D eigenvalue weighted by Gasteiger charge is -2.09. The van der Waals surface area contributed by atoms with E-state index in [2.05, 4.69) is 36.5 Å². The van der Waals surface area contributed by atoms with Crippen LogP contribution in [0.5, 0.6) is 0 Å². The van der Waals surface area contributed by atoms with Gasteiger partial charge in [-0.05, 0) is 42.9 Å². The predicted octanol–water partition coefficient (Wildman–Crippen LogP) is 4.31. The summed E-state index contributed by atoms with van der Waals surface area (Å²) in [7, 11) is 0. The van der Waals surface area contributed by atoms with Crippen molar-refractivity contribution in [3.05, 3.63) is 35.4 Å². The lowest BCUT2D eigenvalue weighted by molar-refractivity contribution is 0.470. The molecule has 0 atom stereocenters. The van der Waals surface area contributed by atoms with Crippen molar-refractivity contribution in [3.8, 4) is 0 Å². The highest BCUT2D eigenvalue weighted by Crippen LogP contribution is 2.28. The van der Waals surface area contributed by atoms with Gasteiger partial charge in [0, 0.05) is 6.54 Å². The Hall–Kier alpha value is -0.820. The monoisotopic (exact) mass is 245 g/mol. The Kier molecular flexibility index (Phi) is 5.73. The minimum Gasteiger partial charge on any atom is -0.313 e. The number of rotatable bonds is 7. The van der Waals surface area contributed by atoms with Crippen LogP contribution in [-0.2, 0) is 13.0 Å². The highest BCUT2D eigenvalue weighted by molar-refractivity contribution is 5.22. The molecule has 1 saturated carbocycles. The molecule has 0 bridgehead atoms. The Morgan fingerprint density at radius 3 is 2.39 bits per heavy atom. The largest absolute Gasteiger partial charge is 0.313 e. The van der Waals surface area contributed by atoms with Crippen molar-refractivity contribution in [2.24, 2.45) is 5.92 Å². The number of nitrogens with one attached hydrogen (secondary N) is 1. The summed E-state index contributed by atoms with van der Waals surface area (Å²) in [4.78, 5) is 0. The molecule has 0 aromatic heterocycles. The van der Waals surface area contributed by atoms with Gasteiger partial charge in [0.15, 0.2) is 0 Å². The molecule has 0 heterocycles. The number of hydrogen-bond acceptors (Lipinski definition) is 1. The maximum Gasteiger partial charge on any atom is 0.0205 e. The number of hydrogen-bond donors (Lipinski definition) is 1. The van der Waals surface area contributed by atoms with Gasteiger partial charge in [-0.1, -0.05) is 56.9 Å². The van der Waals surface area contributed by atoms with Gasteiger partial charge in [0.2, 0.25) is 0 Å². The average molecular weight is 245 g/mol. The smallest absolute Gasteiger partial charge is 0.0205 e. The summed E-state index contributed by atoms with van der Waals surface area (Å²) < 4.78 is 0. The van der Waals surface area contributed by atoms with Crippen molar-refractivity contribution in [2.75, 3.05) is 6.54 Å². The van der Waals surface area contributed by atoms with Crippen LogP contribution >= 0.6 is 0 Å². The minimum absolute atomic E-state index is 1.02. The second kappa shape index (κ2) is 7.58. The molecule has 1 fully saturated rings. The molecule has 0 saturated heterocycles. The van der Waals surface area contributed by atoms with Crippen LogP contribution in [0.3, 0.4) is 0 Å². The van der Waals surface area contributed by atoms with Crippen LogP contribution in [0.1, 0.15) is 56.6 Å². The minimum atomic E-state index is 1.02. The average Bonchev–Trinajstić information content (AvgIpc) is 2.92. The van der Waals surface area contributed by atoms with E-state index < -0.39 is 0 Å². The Bertz CT molecular complexity index is 322. The molecule has 0 spiro atoms. The van der Waals surface area contributed by atoms with E-state index in [1.807, 2.05) is 0 Å². The van der Waals surface area contributed by atoms with Crippen molar-refractivity contribution in [3.63, 3.8) is 0 Å². The van der Waals surface area contributed by atoms with Crippen molar-refractivity contribution in [1.82, 2.24) is 5.32 Å². The van der Waals surface area contributed by atoms with Gasteiger partial charge in [-0.2, -0.15) is 0 Å². The van der Waals surface area contributed by atoms with Crippen LogP contribution in [0.15, 0.2) is 24.3 Å². The molecule has 1 nitrogen and oxygen atoms in total. The molecule has 1 aromatic carbocycles. The zero-order valence-electron chi connectivity index (χ0n) is 11.8. The fourth-order valence-corrected chi connectivity index (χ4v) is 2.94. The van der Waals surface area contributed by atoms with E-state index in [4.69, 9.17) is 0 Å². The highest BCUT2D eigenvalue weighted by Gasteiger charge is 2.13. The van der Waals surface area contributed by atoms with Gasteiger partial charge in [-0.15, -0.1) is 0 Å². The molecule has 1 N–H and O–H groups in total. The van der Waals surface area contributed by atoms with Crippen molar-refractivity contribution in [2.45, 2.75) is 58.4 Å². The van der Waals surface area contributed by atoms with E-state index in [-0.39, 0.29) is 0 Å². The third kappa shape index (κ3) is 4.45. The van der Waals surface area contributed by atoms with Gasteiger partial charge in [-0.25, -0.2) is 0 Å². The standard InChI is InChI=1S/C17H27N/c1-2-15-9-11-17(12-10-15)14-18-13-5-8-16-6-3-4-7-16/h9-12,16,18H,2-8,13-14H2,1H3. The predicted molar refractivity (Wildman–Crippen MR) is 78.7 cm³/mol. The summed E-state index contributed by atoms with van der Waals surface area (Å²) in [5, 5.41) is 3.56. The molecule has 1 aliphatic rings. The molecule has 1 heteroatoms. The van der Waals surface area contributed by atoms with E-state index >= 15 is 0 Å². The van der Waals surface area contributed by atoms with Gasteiger partial charge in [0.05, 0.1) is 0 Å². The zero-order valence-corrected chi connectivity index (χ0v) is 11.8. The third-order valence-electron chi connectivity index (χ3n) is 4.20. The first kappa shape index (κ1) is 13.6. The molecule has 0 unspecified atom stereocenters. The van der Waals surface area contributed by atoms with E-state index in [1.165, 1.54) is 56.2 Å². The molecule has 1 aliphatic carbocycles. The summed E-state index contributed by atoms with van der Waals surface area (Å²) in [6.45, 7) is 4.40. The SMILES string of the molecule is CCc1ccc(CNCCCC2CCCC2)cc1. The van der Waals surface area contributed by atoms with Crippen LogP contribution in [0.4, 0.5) is 0 Å². The molecule has 0 radical (unpaired) electrons. The van der Waals surface area contributed by atoms with Gasteiger partial charge in [-0.3, -0.25) is 0 Å². The zero-order chi connectivity index (χ0) is 12.6. The molecule has 2 rings (SSSR count). The second-order valence-corrected chi connectivity index (χ2v) is 5.64. The van der Waals surface area contributed by atoms with Gasteiger partial charge in [0.1, 0.15) is 0 Å². The lowest BCUT2D eigenvalue weighted by atomic mass is 10.0. The number of benzene rings is 1. The Labute approximate surface area is 112 Å². The lowest BCUT2D eigenvalue weighted by Crippen LogP contribution is -2.15. The van der Waals surface area contributed by atoms with E-state index in [9.17, 15) is 0 Å². The molecular formula is C17H27N. The Balaban J connectivity index is 1.56. The first-order valence-corrected chi connectivity index (χ1v) is 7.67. The molecule has 0 aliphatic heterocycles. The van der Waals surface area contributed by atoms with Crippen LogP contribution < -0.4 is 5.32 Å². The van der Waals surface area contributed by atoms with Crippen LogP contribution in [0.2, 0.25) is 0 Å². The molecule has 1 aromatic rings. The normalized spacial score (nSPS) is 16.3. The van der Waals surface area contributed by atoms with Crippen LogP contribution in [-0.4, -0.2) is 6.54 Å². The Morgan fingerprint density at radius 1 is 1.06 bits per heavy atom. The first-order valence-electron chi connectivity index (χ1n) is 7.67.